The monoisotopic (exact) mass is 518 g/mol. The molecule has 2 N–H and O–H groups in total. The van der Waals surface area contributed by atoms with Crippen LogP contribution >= 0.6 is 24.0 Å². The number of rotatable bonds is 9. The molecule has 1 aromatic carbocycles. The number of aliphatic imine (C=N–C) groups is 1. The van der Waals surface area contributed by atoms with Gasteiger partial charge in [-0.2, -0.15) is 0 Å². The summed E-state index contributed by atoms with van der Waals surface area (Å²) in [5.41, 5.74) is 1.07. The van der Waals surface area contributed by atoms with E-state index in [1.807, 2.05) is 18.2 Å². The van der Waals surface area contributed by atoms with Crippen molar-refractivity contribution in [3.8, 4) is 11.5 Å². The van der Waals surface area contributed by atoms with Gasteiger partial charge in [0, 0.05) is 44.9 Å². The first-order valence-electron chi connectivity index (χ1n) is 10.4. The third-order valence-corrected chi connectivity index (χ3v) is 5.30. The van der Waals surface area contributed by atoms with E-state index in [1.54, 1.807) is 21.3 Å². The first kappa shape index (κ1) is 25.8. The molecule has 0 radical (unpaired) electrons. The van der Waals surface area contributed by atoms with Gasteiger partial charge in [0.15, 0.2) is 5.96 Å². The standard InChI is InChI=1S/C22H38N4O2.HI/c1-17-12-18(2)16-26(15-17)11-7-6-10-24-22(23-3)25-14-19-8-9-20(27-4)13-21(19)28-5;/h8-9,13,17-18H,6-7,10-12,14-16H2,1-5H3,(H2,23,24,25);1H. The lowest BCUT2D eigenvalue weighted by atomic mass is 9.92. The minimum Gasteiger partial charge on any atom is -0.497 e. The molecule has 1 fully saturated rings. The van der Waals surface area contributed by atoms with Crippen LogP contribution in [0.1, 0.15) is 38.7 Å². The van der Waals surface area contributed by atoms with Crippen molar-refractivity contribution in [2.45, 2.75) is 39.7 Å². The predicted molar refractivity (Wildman–Crippen MR) is 132 cm³/mol. The summed E-state index contributed by atoms with van der Waals surface area (Å²) in [5, 5.41) is 6.77. The van der Waals surface area contributed by atoms with Crippen molar-refractivity contribution in [1.29, 1.82) is 0 Å². The molecule has 6 nitrogen and oxygen atoms in total. The number of hydrogen-bond acceptors (Lipinski definition) is 4. The van der Waals surface area contributed by atoms with Gasteiger partial charge in [-0.05, 0) is 49.8 Å². The van der Waals surface area contributed by atoms with E-state index < -0.39 is 0 Å². The second kappa shape index (κ2) is 13.9. The van der Waals surface area contributed by atoms with E-state index in [9.17, 15) is 0 Å². The number of nitrogens with zero attached hydrogens (tertiary/aromatic N) is 2. The van der Waals surface area contributed by atoms with E-state index in [4.69, 9.17) is 9.47 Å². The van der Waals surface area contributed by atoms with Gasteiger partial charge in [0.2, 0.25) is 0 Å². The predicted octanol–water partition coefficient (Wildman–Crippen LogP) is 3.74. The zero-order chi connectivity index (χ0) is 20.4. The van der Waals surface area contributed by atoms with Crippen LogP contribution in [0, 0.1) is 11.8 Å². The van der Waals surface area contributed by atoms with Crippen molar-refractivity contribution >= 4 is 29.9 Å². The molecule has 0 spiro atoms. The van der Waals surface area contributed by atoms with E-state index >= 15 is 0 Å². The maximum absolute atomic E-state index is 5.45. The van der Waals surface area contributed by atoms with Crippen LogP contribution < -0.4 is 20.1 Å². The molecular weight excluding hydrogens is 479 g/mol. The number of piperidine rings is 1. The SMILES string of the molecule is CN=C(NCCCCN1CC(C)CC(C)C1)NCc1ccc(OC)cc1OC.I. The lowest BCUT2D eigenvalue weighted by Crippen LogP contribution is -2.40. The molecule has 166 valence electrons. The summed E-state index contributed by atoms with van der Waals surface area (Å²) in [6, 6.07) is 5.85. The molecule has 1 aromatic rings. The Balaban J connectivity index is 0.00000420. The number of methoxy groups -OCH3 is 2. The average molecular weight is 518 g/mol. The maximum atomic E-state index is 5.45. The van der Waals surface area contributed by atoms with Crippen molar-refractivity contribution < 1.29 is 9.47 Å². The van der Waals surface area contributed by atoms with Crippen molar-refractivity contribution in [2.24, 2.45) is 16.8 Å². The highest BCUT2D eigenvalue weighted by molar-refractivity contribution is 14.0. The van der Waals surface area contributed by atoms with Crippen LogP contribution in [0.2, 0.25) is 0 Å². The lowest BCUT2D eigenvalue weighted by molar-refractivity contribution is 0.139. The lowest BCUT2D eigenvalue weighted by Gasteiger charge is -2.34. The topological polar surface area (TPSA) is 58.1 Å². The minimum atomic E-state index is 0. The summed E-state index contributed by atoms with van der Waals surface area (Å²) in [5.74, 6) is 4.09. The van der Waals surface area contributed by atoms with Crippen molar-refractivity contribution in [3.05, 3.63) is 23.8 Å². The fourth-order valence-corrected chi connectivity index (χ4v) is 4.04. The average Bonchev–Trinajstić information content (AvgIpc) is 2.69. The van der Waals surface area contributed by atoms with E-state index in [0.717, 1.165) is 47.8 Å². The van der Waals surface area contributed by atoms with Gasteiger partial charge in [0.25, 0.3) is 0 Å². The van der Waals surface area contributed by atoms with Crippen molar-refractivity contribution in [1.82, 2.24) is 15.5 Å². The fraction of sp³-hybridized carbons (Fsp3) is 0.682. The number of nitrogens with one attached hydrogen (secondary N) is 2. The molecular formula is C22H39IN4O2. The number of benzene rings is 1. The minimum absolute atomic E-state index is 0. The molecule has 0 bridgehead atoms. The number of guanidine groups is 1. The van der Waals surface area contributed by atoms with Gasteiger partial charge in [-0.1, -0.05) is 13.8 Å². The van der Waals surface area contributed by atoms with Gasteiger partial charge >= 0.3 is 0 Å². The van der Waals surface area contributed by atoms with Gasteiger partial charge in [-0.15, -0.1) is 24.0 Å². The molecule has 2 atom stereocenters. The van der Waals surface area contributed by atoms with Crippen molar-refractivity contribution in [3.63, 3.8) is 0 Å². The Morgan fingerprint density at radius 3 is 2.45 bits per heavy atom. The van der Waals surface area contributed by atoms with Crippen LogP contribution in [0.3, 0.4) is 0 Å². The highest BCUT2D eigenvalue weighted by Crippen LogP contribution is 2.24. The van der Waals surface area contributed by atoms with E-state index in [1.165, 1.54) is 32.5 Å². The van der Waals surface area contributed by atoms with E-state index in [0.29, 0.717) is 6.54 Å². The summed E-state index contributed by atoms with van der Waals surface area (Å²) in [7, 11) is 5.14. The smallest absolute Gasteiger partial charge is 0.191 e. The van der Waals surface area contributed by atoms with Gasteiger partial charge in [-0.3, -0.25) is 4.99 Å². The molecule has 0 saturated carbocycles. The van der Waals surface area contributed by atoms with Gasteiger partial charge in [0.05, 0.1) is 14.2 Å². The fourth-order valence-electron chi connectivity index (χ4n) is 4.04. The maximum Gasteiger partial charge on any atom is 0.191 e. The molecule has 1 heterocycles. The Labute approximate surface area is 193 Å². The molecule has 2 rings (SSSR count). The molecule has 0 aromatic heterocycles. The molecule has 7 heteroatoms. The van der Waals surface area contributed by atoms with Gasteiger partial charge in [-0.25, -0.2) is 0 Å². The van der Waals surface area contributed by atoms with E-state index in [-0.39, 0.29) is 24.0 Å². The zero-order valence-corrected chi connectivity index (χ0v) is 21.0. The molecule has 2 unspecified atom stereocenters. The quantitative estimate of drug-likeness (QED) is 0.226. The largest absolute Gasteiger partial charge is 0.497 e. The first-order chi connectivity index (χ1) is 13.5. The Hall–Kier alpha value is -1.22. The summed E-state index contributed by atoms with van der Waals surface area (Å²) >= 11 is 0. The molecule has 0 amide bonds. The van der Waals surface area contributed by atoms with Gasteiger partial charge < -0.3 is 25.0 Å². The Kier molecular flexibility index (Phi) is 12.4. The second-order valence-corrected chi connectivity index (χ2v) is 7.94. The van der Waals surface area contributed by atoms with Crippen LogP contribution in [-0.4, -0.2) is 58.3 Å². The molecule has 0 aliphatic carbocycles. The Morgan fingerprint density at radius 1 is 1.10 bits per heavy atom. The van der Waals surface area contributed by atoms with Crippen molar-refractivity contribution in [2.75, 3.05) is 47.4 Å². The number of halogens is 1. The second-order valence-electron chi connectivity index (χ2n) is 7.94. The van der Waals surface area contributed by atoms with Crippen LogP contribution in [0.5, 0.6) is 11.5 Å². The van der Waals surface area contributed by atoms with Crippen LogP contribution in [0.15, 0.2) is 23.2 Å². The number of unbranched alkanes of at least 4 members (excludes halogenated alkanes) is 1. The number of hydrogen-bond donors (Lipinski definition) is 2. The van der Waals surface area contributed by atoms with Crippen LogP contribution in [-0.2, 0) is 6.54 Å². The molecule has 1 saturated heterocycles. The normalized spacial score (nSPS) is 20.0. The third kappa shape index (κ3) is 8.99. The van der Waals surface area contributed by atoms with E-state index in [2.05, 4.69) is 34.4 Å². The number of likely N-dealkylation sites (tertiary alicyclic amines) is 1. The highest BCUT2D eigenvalue weighted by Gasteiger charge is 2.20. The first-order valence-corrected chi connectivity index (χ1v) is 10.4. The summed E-state index contributed by atoms with van der Waals surface area (Å²) in [4.78, 5) is 6.95. The zero-order valence-electron chi connectivity index (χ0n) is 18.7. The Morgan fingerprint density at radius 2 is 1.83 bits per heavy atom. The number of ether oxygens (including phenoxy) is 2. The Bertz CT molecular complexity index is 617. The summed E-state index contributed by atoms with van der Waals surface area (Å²) in [6.45, 7) is 10.0. The van der Waals surface area contributed by atoms with Crippen LogP contribution in [0.25, 0.3) is 0 Å². The third-order valence-electron chi connectivity index (χ3n) is 5.30. The summed E-state index contributed by atoms with van der Waals surface area (Å²) < 4.78 is 10.7. The van der Waals surface area contributed by atoms with Gasteiger partial charge in [0.1, 0.15) is 11.5 Å². The van der Waals surface area contributed by atoms with Crippen LogP contribution in [0.4, 0.5) is 0 Å². The molecule has 29 heavy (non-hydrogen) atoms. The molecule has 1 aliphatic heterocycles. The molecule has 1 aliphatic rings. The summed E-state index contributed by atoms with van der Waals surface area (Å²) in [6.07, 6.45) is 3.74. The highest BCUT2D eigenvalue weighted by atomic mass is 127.